The minimum absolute atomic E-state index is 0.0897. The van der Waals surface area contributed by atoms with E-state index >= 15 is 0 Å². The van der Waals surface area contributed by atoms with Crippen molar-refractivity contribution in [3.63, 3.8) is 0 Å². The van der Waals surface area contributed by atoms with Crippen molar-refractivity contribution < 1.29 is 24.2 Å². The predicted octanol–water partition coefficient (Wildman–Crippen LogP) is 4.55. The second-order valence-electron chi connectivity index (χ2n) is 9.04. The molecule has 34 heavy (non-hydrogen) atoms. The van der Waals surface area contributed by atoms with E-state index in [0.717, 1.165) is 54.4 Å². The van der Waals surface area contributed by atoms with Crippen molar-refractivity contribution in [2.45, 2.75) is 63.5 Å². The fourth-order valence-corrected chi connectivity index (χ4v) is 5.34. The minimum atomic E-state index is -1.16. The van der Waals surface area contributed by atoms with Crippen molar-refractivity contribution in [2.75, 3.05) is 13.2 Å². The van der Waals surface area contributed by atoms with Crippen molar-refractivity contribution in [1.82, 2.24) is 10.2 Å². The summed E-state index contributed by atoms with van der Waals surface area (Å²) >= 11 is 0. The molecule has 1 atom stereocenters. The number of amides is 2. The quantitative estimate of drug-likeness (QED) is 0.598. The highest BCUT2D eigenvalue weighted by Crippen LogP contribution is 2.44. The van der Waals surface area contributed by atoms with Gasteiger partial charge in [0.1, 0.15) is 12.6 Å². The fraction of sp³-hybridized carbons (Fsp3) is 0.444. The van der Waals surface area contributed by atoms with Gasteiger partial charge in [0.25, 0.3) is 0 Å². The lowest BCUT2D eigenvalue weighted by Crippen LogP contribution is -2.53. The topological polar surface area (TPSA) is 95.9 Å². The van der Waals surface area contributed by atoms with E-state index in [-0.39, 0.29) is 24.5 Å². The third-order valence-corrected chi connectivity index (χ3v) is 6.95. The van der Waals surface area contributed by atoms with Crippen LogP contribution in [-0.2, 0) is 14.3 Å². The Morgan fingerprint density at radius 1 is 1.00 bits per heavy atom. The first-order chi connectivity index (χ1) is 16.5. The van der Waals surface area contributed by atoms with Crippen LogP contribution in [0.25, 0.3) is 11.1 Å². The molecule has 0 heterocycles. The van der Waals surface area contributed by atoms with Gasteiger partial charge in [-0.1, -0.05) is 67.8 Å². The number of nitrogens with one attached hydrogen (secondary N) is 1. The summed E-state index contributed by atoms with van der Waals surface area (Å²) in [4.78, 5) is 39.1. The Kier molecular flexibility index (Phi) is 7.50. The summed E-state index contributed by atoms with van der Waals surface area (Å²) in [6.45, 7) is 2.47. The van der Waals surface area contributed by atoms with E-state index < -0.39 is 24.5 Å². The van der Waals surface area contributed by atoms with Gasteiger partial charge in [-0.05, 0) is 42.0 Å². The molecule has 1 fully saturated rings. The molecule has 0 aliphatic heterocycles. The second-order valence-corrected chi connectivity index (χ2v) is 9.04. The van der Waals surface area contributed by atoms with Crippen molar-refractivity contribution in [3.8, 4) is 11.1 Å². The van der Waals surface area contributed by atoms with Crippen LogP contribution in [0, 0.1) is 0 Å². The molecule has 2 amide bonds. The van der Waals surface area contributed by atoms with Crippen LogP contribution in [0.4, 0.5) is 4.79 Å². The van der Waals surface area contributed by atoms with Crippen LogP contribution in [-0.4, -0.2) is 53.2 Å². The molecule has 0 spiro atoms. The molecule has 2 aliphatic rings. The number of carboxylic acid groups (broad SMARTS) is 1. The van der Waals surface area contributed by atoms with Gasteiger partial charge in [-0.25, -0.2) is 4.79 Å². The molecule has 2 N–H and O–H groups in total. The number of hydrogen-bond acceptors (Lipinski definition) is 4. The van der Waals surface area contributed by atoms with Gasteiger partial charge in [-0.15, -0.1) is 0 Å². The molecule has 4 rings (SSSR count). The smallest absolute Gasteiger partial charge is 0.407 e. The molecule has 2 aromatic carbocycles. The van der Waals surface area contributed by atoms with Crippen molar-refractivity contribution in [3.05, 3.63) is 59.7 Å². The average Bonchev–Trinajstić information content (AvgIpc) is 3.17. The number of rotatable bonds is 8. The lowest BCUT2D eigenvalue weighted by molar-refractivity contribution is -0.143. The van der Waals surface area contributed by atoms with Gasteiger partial charge in [0.15, 0.2) is 0 Å². The molecular weight excluding hydrogens is 432 g/mol. The van der Waals surface area contributed by atoms with Gasteiger partial charge < -0.3 is 20.1 Å². The van der Waals surface area contributed by atoms with Gasteiger partial charge in [-0.3, -0.25) is 9.59 Å². The highest BCUT2D eigenvalue weighted by molar-refractivity contribution is 5.89. The number of carbonyl (C=O) groups is 3. The summed E-state index contributed by atoms with van der Waals surface area (Å²) in [7, 11) is 0. The Balaban J connectivity index is 1.43. The number of aliphatic carboxylic acids is 1. The van der Waals surface area contributed by atoms with Crippen molar-refractivity contribution in [1.29, 1.82) is 0 Å². The van der Waals surface area contributed by atoms with Crippen LogP contribution in [0.5, 0.6) is 0 Å². The van der Waals surface area contributed by atoms with E-state index in [9.17, 15) is 19.5 Å². The molecule has 0 aromatic heterocycles. The number of likely N-dealkylation sites (N-methyl/N-ethyl adjacent to an activating group) is 1. The van der Waals surface area contributed by atoms with E-state index in [0.29, 0.717) is 6.54 Å². The van der Waals surface area contributed by atoms with E-state index in [1.165, 1.54) is 0 Å². The van der Waals surface area contributed by atoms with Crippen LogP contribution in [0.15, 0.2) is 48.5 Å². The molecule has 7 heteroatoms. The first kappa shape index (κ1) is 23.8. The zero-order valence-electron chi connectivity index (χ0n) is 19.5. The number of carbonyl (C=O) groups excluding carboxylic acids is 2. The third kappa shape index (κ3) is 5.08. The summed E-state index contributed by atoms with van der Waals surface area (Å²) in [5.74, 6) is -1.61. The highest BCUT2D eigenvalue weighted by atomic mass is 16.5. The maximum Gasteiger partial charge on any atom is 0.407 e. The maximum absolute atomic E-state index is 13.2. The van der Waals surface area contributed by atoms with Crippen LogP contribution < -0.4 is 5.32 Å². The Hall–Kier alpha value is -3.35. The van der Waals surface area contributed by atoms with E-state index in [2.05, 4.69) is 17.4 Å². The number of alkyl carbamates (subject to hydrolysis) is 1. The van der Waals surface area contributed by atoms with E-state index in [1.54, 1.807) is 4.90 Å². The number of fused-ring (bicyclic) bond motifs is 3. The van der Waals surface area contributed by atoms with Gasteiger partial charge in [0.05, 0.1) is 6.42 Å². The second kappa shape index (κ2) is 10.7. The minimum Gasteiger partial charge on any atom is -0.481 e. The largest absolute Gasteiger partial charge is 0.481 e. The Labute approximate surface area is 200 Å². The predicted molar refractivity (Wildman–Crippen MR) is 129 cm³/mol. The lowest BCUT2D eigenvalue weighted by atomic mass is 9.93. The van der Waals surface area contributed by atoms with Gasteiger partial charge in [0.2, 0.25) is 5.91 Å². The lowest BCUT2D eigenvalue weighted by Gasteiger charge is -2.35. The van der Waals surface area contributed by atoms with Gasteiger partial charge >= 0.3 is 12.1 Å². The Bertz CT molecular complexity index is 1000. The first-order valence-corrected chi connectivity index (χ1v) is 12.1. The SMILES string of the molecule is CCN(C(=O)C(CC(=O)O)NC(=O)OCC1c2ccccc2-c2ccccc21)C1CCCCC1. The maximum atomic E-state index is 13.2. The standard InChI is InChI=1S/C27H32N2O5/c1-2-29(18-10-4-3-5-11-18)26(32)24(16-25(30)31)28-27(33)34-17-23-21-14-8-6-12-19(21)20-13-7-9-15-22(20)23/h6-9,12-15,18,23-24H,2-5,10-11,16-17H2,1H3,(H,28,33)(H,30,31). The number of carboxylic acids is 1. The van der Waals surface area contributed by atoms with E-state index in [4.69, 9.17) is 4.74 Å². The summed E-state index contributed by atoms with van der Waals surface area (Å²) < 4.78 is 5.55. The van der Waals surface area contributed by atoms with Crippen LogP contribution in [0.1, 0.15) is 62.5 Å². The molecule has 0 bridgehead atoms. The Morgan fingerprint density at radius 3 is 2.15 bits per heavy atom. The Morgan fingerprint density at radius 2 is 1.59 bits per heavy atom. The van der Waals surface area contributed by atoms with Crippen molar-refractivity contribution in [2.24, 2.45) is 0 Å². The zero-order valence-corrected chi connectivity index (χ0v) is 19.5. The number of benzene rings is 2. The molecule has 180 valence electrons. The zero-order chi connectivity index (χ0) is 24.1. The normalized spacial score (nSPS) is 16.3. The molecule has 7 nitrogen and oxygen atoms in total. The van der Waals surface area contributed by atoms with Crippen LogP contribution >= 0.6 is 0 Å². The first-order valence-electron chi connectivity index (χ1n) is 12.1. The fourth-order valence-electron chi connectivity index (χ4n) is 5.34. The van der Waals surface area contributed by atoms with Gasteiger partial charge in [0, 0.05) is 18.5 Å². The number of ether oxygens (including phenoxy) is 1. The van der Waals surface area contributed by atoms with Crippen LogP contribution in [0.2, 0.25) is 0 Å². The molecule has 1 saturated carbocycles. The van der Waals surface area contributed by atoms with Crippen LogP contribution in [0.3, 0.4) is 0 Å². The summed E-state index contributed by atoms with van der Waals surface area (Å²) in [5, 5.41) is 11.9. The van der Waals surface area contributed by atoms with Gasteiger partial charge in [-0.2, -0.15) is 0 Å². The molecule has 0 saturated heterocycles. The molecule has 2 aromatic rings. The summed E-state index contributed by atoms with van der Waals surface area (Å²) in [5.41, 5.74) is 4.42. The monoisotopic (exact) mass is 464 g/mol. The summed E-state index contributed by atoms with van der Waals surface area (Å²) in [6, 6.07) is 15.0. The average molecular weight is 465 g/mol. The number of nitrogens with zero attached hydrogens (tertiary/aromatic N) is 1. The van der Waals surface area contributed by atoms with Crippen molar-refractivity contribution >= 4 is 18.0 Å². The molecule has 1 unspecified atom stereocenters. The molecule has 0 radical (unpaired) electrons. The third-order valence-electron chi connectivity index (χ3n) is 6.95. The number of hydrogen-bond donors (Lipinski definition) is 2. The summed E-state index contributed by atoms with van der Waals surface area (Å²) in [6.07, 6.45) is 3.82. The molecule has 2 aliphatic carbocycles. The highest BCUT2D eigenvalue weighted by Gasteiger charge is 2.33. The van der Waals surface area contributed by atoms with E-state index in [1.807, 2.05) is 43.3 Å². The molecular formula is C27H32N2O5.